The Kier molecular flexibility index (Phi) is 5.56. The van der Waals surface area contributed by atoms with Gasteiger partial charge in [-0.3, -0.25) is 9.69 Å². The fourth-order valence-electron chi connectivity index (χ4n) is 3.94. The smallest absolute Gasteiger partial charge is 0.310 e. The van der Waals surface area contributed by atoms with Gasteiger partial charge in [-0.15, -0.1) is 0 Å². The highest BCUT2D eigenvalue weighted by Gasteiger charge is 2.40. The van der Waals surface area contributed by atoms with E-state index in [1.807, 2.05) is 6.92 Å². The second-order valence-corrected chi connectivity index (χ2v) is 8.16. The lowest BCUT2D eigenvalue weighted by atomic mass is 9.90. The number of aliphatic carboxylic acids is 1. The second kappa shape index (κ2) is 7.73. The largest absolute Gasteiger partial charge is 0.488 e. The Balaban J connectivity index is 1.67. The highest BCUT2D eigenvalue weighted by Crippen LogP contribution is 2.32. The molecule has 1 fully saturated rings. The highest BCUT2D eigenvalue weighted by atomic mass is 16.5. The van der Waals surface area contributed by atoms with E-state index in [1.165, 1.54) is 16.7 Å². The summed E-state index contributed by atoms with van der Waals surface area (Å²) < 4.78 is 6.11. The summed E-state index contributed by atoms with van der Waals surface area (Å²) in [5, 5.41) is 9.41. The molecule has 0 radical (unpaired) electrons. The highest BCUT2D eigenvalue weighted by molar-refractivity contribution is 5.74. The number of aryl methyl sites for hydroxylation is 3. The molecule has 1 unspecified atom stereocenters. The maximum Gasteiger partial charge on any atom is 0.310 e. The number of rotatable bonds is 6. The van der Waals surface area contributed by atoms with Crippen LogP contribution in [-0.4, -0.2) is 29.1 Å². The van der Waals surface area contributed by atoms with Gasteiger partial charge in [0.15, 0.2) is 0 Å². The first kappa shape index (κ1) is 19.4. The maximum atomic E-state index is 11.4. The van der Waals surface area contributed by atoms with E-state index in [4.69, 9.17) is 4.74 Å². The van der Waals surface area contributed by atoms with Crippen molar-refractivity contribution in [3.63, 3.8) is 0 Å². The summed E-state index contributed by atoms with van der Waals surface area (Å²) in [6.07, 6.45) is 0.706. The monoisotopic (exact) mass is 367 g/mol. The number of carbonyl (C=O) groups is 1. The van der Waals surface area contributed by atoms with Gasteiger partial charge in [-0.1, -0.05) is 42.0 Å². The zero-order valence-corrected chi connectivity index (χ0v) is 16.7. The fourth-order valence-corrected chi connectivity index (χ4v) is 3.94. The summed E-state index contributed by atoms with van der Waals surface area (Å²) in [4.78, 5) is 13.7. The molecule has 1 saturated heterocycles. The molecule has 0 spiro atoms. The molecule has 27 heavy (non-hydrogen) atoms. The van der Waals surface area contributed by atoms with Gasteiger partial charge in [-0.2, -0.15) is 0 Å². The van der Waals surface area contributed by atoms with Gasteiger partial charge in [-0.05, 0) is 62.9 Å². The predicted octanol–water partition coefficient (Wildman–Crippen LogP) is 4.49. The number of carboxylic acids is 1. The molecule has 144 valence electrons. The van der Waals surface area contributed by atoms with Gasteiger partial charge in [-0.25, -0.2) is 0 Å². The van der Waals surface area contributed by atoms with Crippen LogP contribution in [0.3, 0.4) is 0 Å². The molecule has 3 rings (SSSR count). The number of hydrogen-bond donors (Lipinski definition) is 1. The van der Waals surface area contributed by atoms with Crippen molar-refractivity contribution in [2.75, 3.05) is 13.1 Å². The van der Waals surface area contributed by atoms with E-state index in [2.05, 4.69) is 62.1 Å². The number of hydrogen-bond acceptors (Lipinski definition) is 3. The number of carboxylic acid groups (broad SMARTS) is 1. The van der Waals surface area contributed by atoms with E-state index in [1.54, 1.807) is 0 Å². The van der Waals surface area contributed by atoms with Crippen molar-refractivity contribution in [1.29, 1.82) is 0 Å². The zero-order chi connectivity index (χ0) is 19.6. The van der Waals surface area contributed by atoms with Gasteiger partial charge < -0.3 is 9.84 Å². The van der Waals surface area contributed by atoms with Crippen molar-refractivity contribution >= 4 is 5.97 Å². The van der Waals surface area contributed by atoms with Crippen molar-refractivity contribution < 1.29 is 14.6 Å². The maximum absolute atomic E-state index is 11.4. The minimum Gasteiger partial charge on any atom is -0.488 e. The summed E-state index contributed by atoms with van der Waals surface area (Å²) >= 11 is 0. The molecule has 1 atom stereocenters. The van der Waals surface area contributed by atoms with E-state index < -0.39 is 11.4 Å². The SMILES string of the molecule is Cc1cccc(COc2c(C)cc(CN3CCC(C)(C(=O)O)C3)cc2C)c1. The van der Waals surface area contributed by atoms with E-state index in [-0.39, 0.29) is 0 Å². The van der Waals surface area contributed by atoms with E-state index in [0.29, 0.717) is 19.6 Å². The average molecular weight is 367 g/mol. The Hall–Kier alpha value is -2.33. The summed E-state index contributed by atoms with van der Waals surface area (Å²) in [6.45, 7) is 10.9. The van der Waals surface area contributed by atoms with Crippen LogP contribution in [0.1, 0.15) is 41.2 Å². The Morgan fingerprint density at radius 1 is 1.15 bits per heavy atom. The zero-order valence-electron chi connectivity index (χ0n) is 16.7. The summed E-state index contributed by atoms with van der Waals surface area (Å²) in [7, 11) is 0. The third kappa shape index (κ3) is 4.51. The van der Waals surface area contributed by atoms with Crippen LogP contribution in [0.4, 0.5) is 0 Å². The standard InChI is InChI=1S/C23H29NO3/c1-16-6-5-7-19(10-16)14-27-21-17(2)11-20(12-18(21)3)13-24-9-8-23(4,15-24)22(25)26/h5-7,10-12H,8-9,13-15H2,1-4H3,(H,25,26). The van der Waals surface area contributed by atoms with Crippen molar-refractivity contribution in [1.82, 2.24) is 4.90 Å². The predicted molar refractivity (Wildman–Crippen MR) is 107 cm³/mol. The van der Waals surface area contributed by atoms with Crippen molar-refractivity contribution in [2.24, 2.45) is 5.41 Å². The Morgan fingerprint density at radius 2 is 1.85 bits per heavy atom. The molecular weight excluding hydrogens is 338 g/mol. The van der Waals surface area contributed by atoms with Gasteiger partial charge >= 0.3 is 5.97 Å². The second-order valence-electron chi connectivity index (χ2n) is 8.16. The minimum atomic E-state index is -0.697. The minimum absolute atomic E-state index is 0.561. The Morgan fingerprint density at radius 3 is 2.44 bits per heavy atom. The molecule has 2 aromatic carbocycles. The number of benzene rings is 2. The first-order chi connectivity index (χ1) is 12.8. The van der Waals surface area contributed by atoms with Crippen LogP contribution in [-0.2, 0) is 17.9 Å². The van der Waals surface area contributed by atoms with E-state index in [0.717, 1.165) is 30.0 Å². The van der Waals surface area contributed by atoms with Crippen molar-refractivity contribution in [3.05, 3.63) is 64.2 Å². The summed E-state index contributed by atoms with van der Waals surface area (Å²) in [5.74, 6) is 0.245. The molecule has 0 saturated carbocycles. The van der Waals surface area contributed by atoms with Crippen molar-refractivity contribution in [3.8, 4) is 5.75 Å². The molecule has 0 aromatic heterocycles. The molecule has 4 nitrogen and oxygen atoms in total. The molecule has 1 heterocycles. The van der Waals surface area contributed by atoms with E-state index in [9.17, 15) is 9.90 Å². The lowest BCUT2D eigenvalue weighted by Gasteiger charge is -2.21. The molecule has 4 heteroatoms. The van der Waals surface area contributed by atoms with Gasteiger partial charge in [0.25, 0.3) is 0 Å². The van der Waals surface area contributed by atoms with E-state index >= 15 is 0 Å². The molecule has 1 N–H and O–H groups in total. The fraction of sp³-hybridized carbons (Fsp3) is 0.435. The summed E-state index contributed by atoms with van der Waals surface area (Å²) in [5.41, 5.74) is 5.24. The van der Waals surface area contributed by atoms with Crippen LogP contribution in [0.15, 0.2) is 36.4 Å². The summed E-state index contributed by atoms with van der Waals surface area (Å²) in [6, 6.07) is 12.7. The molecule has 2 aromatic rings. The van der Waals surface area contributed by atoms with Gasteiger partial charge in [0.05, 0.1) is 5.41 Å². The van der Waals surface area contributed by atoms with Crippen molar-refractivity contribution in [2.45, 2.75) is 47.3 Å². The molecule has 0 amide bonds. The van der Waals surface area contributed by atoms with Crippen LogP contribution in [0.5, 0.6) is 5.75 Å². The molecule has 1 aliphatic rings. The third-order valence-electron chi connectivity index (χ3n) is 5.46. The number of nitrogens with zero attached hydrogens (tertiary/aromatic N) is 1. The van der Waals surface area contributed by atoms with Crippen LogP contribution < -0.4 is 4.74 Å². The quantitative estimate of drug-likeness (QED) is 0.817. The van der Waals surface area contributed by atoms with Crippen LogP contribution in [0, 0.1) is 26.2 Å². The lowest BCUT2D eigenvalue weighted by Crippen LogP contribution is -2.31. The van der Waals surface area contributed by atoms with Crippen LogP contribution in [0.25, 0.3) is 0 Å². The third-order valence-corrected chi connectivity index (χ3v) is 5.46. The lowest BCUT2D eigenvalue weighted by molar-refractivity contribution is -0.147. The molecule has 0 aliphatic carbocycles. The molecular formula is C23H29NO3. The van der Waals surface area contributed by atoms with Gasteiger partial charge in [0, 0.05) is 13.1 Å². The first-order valence-corrected chi connectivity index (χ1v) is 9.51. The first-order valence-electron chi connectivity index (χ1n) is 9.51. The molecule has 1 aliphatic heterocycles. The number of likely N-dealkylation sites (tertiary alicyclic amines) is 1. The Bertz CT molecular complexity index is 822. The van der Waals surface area contributed by atoms with Gasteiger partial charge in [0.1, 0.15) is 12.4 Å². The number of ether oxygens (including phenoxy) is 1. The van der Waals surface area contributed by atoms with Crippen LogP contribution >= 0.6 is 0 Å². The van der Waals surface area contributed by atoms with Gasteiger partial charge in [0.2, 0.25) is 0 Å². The molecule has 0 bridgehead atoms. The van der Waals surface area contributed by atoms with Crippen LogP contribution in [0.2, 0.25) is 0 Å². The normalized spacial score (nSPS) is 20.0. The Labute approximate surface area is 161 Å². The average Bonchev–Trinajstić information content (AvgIpc) is 2.96. The topological polar surface area (TPSA) is 49.8 Å².